The average Bonchev–Trinajstić information content (AvgIpc) is 2.88. The summed E-state index contributed by atoms with van der Waals surface area (Å²) < 4.78 is 5.48. The average molecular weight is 291 g/mol. The van der Waals surface area contributed by atoms with Gasteiger partial charge in [0.1, 0.15) is 5.52 Å². The summed E-state index contributed by atoms with van der Waals surface area (Å²) in [7, 11) is 0. The lowest BCUT2D eigenvalue weighted by Crippen LogP contribution is -2.01. The summed E-state index contributed by atoms with van der Waals surface area (Å²) >= 11 is 0. The van der Waals surface area contributed by atoms with Crippen LogP contribution in [0.3, 0.4) is 0 Å². The van der Waals surface area contributed by atoms with Gasteiger partial charge >= 0.3 is 0 Å². The van der Waals surface area contributed by atoms with Gasteiger partial charge in [-0.2, -0.15) is 4.98 Å². The van der Waals surface area contributed by atoms with E-state index in [1.807, 2.05) is 0 Å². The Morgan fingerprint density at radius 2 is 2.00 bits per heavy atom. The number of nitro groups is 1. The maximum atomic E-state index is 10.7. The molecule has 6 heteroatoms. The van der Waals surface area contributed by atoms with E-state index >= 15 is 0 Å². The first-order valence-corrected chi connectivity index (χ1v) is 7.49. The minimum absolute atomic E-state index is 0.0149. The van der Waals surface area contributed by atoms with E-state index in [0.29, 0.717) is 17.1 Å². The van der Waals surface area contributed by atoms with Crippen LogP contribution >= 0.6 is 0 Å². The Morgan fingerprint density at radius 3 is 2.76 bits per heavy atom. The molecule has 0 saturated heterocycles. The molecular formula is C15H21N3O3. The molecule has 0 unspecified atom stereocenters. The molecule has 21 heavy (non-hydrogen) atoms. The van der Waals surface area contributed by atoms with E-state index < -0.39 is 4.92 Å². The maximum absolute atomic E-state index is 10.7. The number of oxazole rings is 1. The van der Waals surface area contributed by atoms with Gasteiger partial charge in [0, 0.05) is 12.6 Å². The van der Waals surface area contributed by atoms with E-state index in [2.05, 4.69) is 17.2 Å². The van der Waals surface area contributed by atoms with Crippen molar-refractivity contribution in [2.24, 2.45) is 0 Å². The second-order valence-electron chi connectivity index (χ2n) is 5.12. The van der Waals surface area contributed by atoms with Gasteiger partial charge in [0.25, 0.3) is 11.7 Å². The predicted molar refractivity (Wildman–Crippen MR) is 82.5 cm³/mol. The van der Waals surface area contributed by atoms with Crippen LogP contribution in [0.2, 0.25) is 0 Å². The summed E-state index contributed by atoms with van der Waals surface area (Å²) in [5.41, 5.74) is 1.09. The number of anilines is 1. The number of hydrogen-bond donors (Lipinski definition) is 1. The molecule has 0 aliphatic heterocycles. The van der Waals surface area contributed by atoms with Gasteiger partial charge in [-0.1, -0.05) is 39.0 Å². The highest BCUT2D eigenvalue weighted by atomic mass is 16.6. The Hall–Kier alpha value is -2.11. The Labute approximate surface area is 123 Å². The topological polar surface area (TPSA) is 81.2 Å². The molecule has 0 saturated carbocycles. The van der Waals surface area contributed by atoms with Gasteiger partial charge in [-0.3, -0.25) is 10.1 Å². The summed E-state index contributed by atoms with van der Waals surface area (Å²) in [5, 5.41) is 13.8. The van der Waals surface area contributed by atoms with Gasteiger partial charge in [0.05, 0.1) is 11.0 Å². The summed E-state index contributed by atoms with van der Waals surface area (Å²) in [6.45, 7) is 3.01. The number of nitrogens with zero attached hydrogens (tertiary/aromatic N) is 2. The number of non-ortho nitro benzene ring substituents is 1. The minimum Gasteiger partial charge on any atom is -0.423 e. The van der Waals surface area contributed by atoms with Crippen molar-refractivity contribution in [3.8, 4) is 0 Å². The van der Waals surface area contributed by atoms with Gasteiger partial charge in [0.2, 0.25) is 0 Å². The van der Waals surface area contributed by atoms with Crippen molar-refractivity contribution in [1.82, 2.24) is 4.98 Å². The second-order valence-corrected chi connectivity index (χ2v) is 5.12. The smallest absolute Gasteiger partial charge is 0.295 e. The number of rotatable bonds is 9. The van der Waals surface area contributed by atoms with Crippen molar-refractivity contribution >= 4 is 22.8 Å². The lowest BCUT2D eigenvalue weighted by molar-refractivity contribution is -0.384. The lowest BCUT2D eigenvalue weighted by Gasteiger charge is -2.01. The Balaban J connectivity index is 1.81. The van der Waals surface area contributed by atoms with E-state index in [1.54, 1.807) is 6.07 Å². The van der Waals surface area contributed by atoms with Crippen LogP contribution < -0.4 is 5.32 Å². The first-order valence-electron chi connectivity index (χ1n) is 7.49. The van der Waals surface area contributed by atoms with E-state index in [-0.39, 0.29) is 5.69 Å². The number of benzene rings is 1. The van der Waals surface area contributed by atoms with Crippen LogP contribution in [0, 0.1) is 10.1 Å². The van der Waals surface area contributed by atoms with Crippen molar-refractivity contribution in [2.75, 3.05) is 11.9 Å². The minimum atomic E-state index is -0.439. The fourth-order valence-corrected chi connectivity index (χ4v) is 2.20. The highest BCUT2D eigenvalue weighted by Crippen LogP contribution is 2.23. The highest BCUT2D eigenvalue weighted by Gasteiger charge is 2.11. The fraction of sp³-hybridized carbons (Fsp3) is 0.533. The molecule has 0 radical (unpaired) electrons. The normalized spacial score (nSPS) is 10.9. The number of fused-ring (bicyclic) bond motifs is 1. The molecule has 1 aromatic heterocycles. The number of aromatic nitrogens is 1. The molecule has 2 rings (SSSR count). The Morgan fingerprint density at radius 1 is 1.24 bits per heavy atom. The van der Waals surface area contributed by atoms with Crippen molar-refractivity contribution < 1.29 is 9.34 Å². The molecule has 114 valence electrons. The highest BCUT2D eigenvalue weighted by molar-refractivity contribution is 5.77. The molecular weight excluding hydrogens is 270 g/mol. The number of nitro benzene ring substituents is 1. The number of nitrogens with one attached hydrogen (secondary N) is 1. The molecule has 0 aliphatic carbocycles. The van der Waals surface area contributed by atoms with Gasteiger partial charge in [-0.05, 0) is 12.5 Å². The summed E-state index contributed by atoms with van der Waals surface area (Å²) in [6, 6.07) is 4.87. The monoisotopic (exact) mass is 291 g/mol. The summed E-state index contributed by atoms with van der Waals surface area (Å²) in [5.74, 6) is 0. The zero-order valence-corrected chi connectivity index (χ0v) is 12.3. The van der Waals surface area contributed by atoms with Gasteiger partial charge in [-0.15, -0.1) is 0 Å². The standard InChI is InChI=1S/C15H21N3O3/c1-2-3-4-5-6-7-10-16-15-17-13-9-8-12(18(19)20)11-14(13)21-15/h8-9,11H,2-7,10H2,1H3,(H,16,17). The number of unbranched alkanes of at least 4 members (excludes halogenated alkanes) is 5. The van der Waals surface area contributed by atoms with Gasteiger partial charge in [-0.25, -0.2) is 0 Å². The SMILES string of the molecule is CCCCCCCCNc1nc2ccc([N+](=O)[O-])cc2o1. The molecule has 0 bridgehead atoms. The Bertz CT molecular complexity index is 595. The maximum Gasteiger partial charge on any atom is 0.295 e. The third-order valence-electron chi connectivity index (χ3n) is 3.39. The molecule has 1 heterocycles. The van der Waals surface area contributed by atoms with Crippen LogP contribution in [0.15, 0.2) is 22.6 Å². The van der Waals surface area contributed by atoms with Gasteiger partial charge < -0.3 is 9.73 Å². The zero-order valence-electron chi connectivity index (χ0n) is 12.3. The van der Waals surface area contributed by atoms with Crippen molar-refractivity contribution in [2.45, 2.75) is 45.4 Å². The van der Waals surface area contributed by atoms with Crippen molar-refractivity contribution in [3.05, 3.63) is 28.3 Å². The van der Waals surface area contributed by atoms with Crippen LogP contribution in [-0.4, -0.2) is 16.5 Å². The molecule has 0 spiro atoms. The van der Waals surface area contributed by atoms with E-state index in [9.17, 15) is 10.1 Å². The van der Waals surface area contributed by atoms with Gasteiger partial charge in [0.15, 0.2) is 5.58 Å². The summed E-state index contributed by atoms with van der Waals surface area (Å²) in [4.78, 5) is 14.5. The molecule has 6 nitrogen and oxygen atoms in total. The van der Waals surface area contributed by atoms with E-state index in [4.69, 9.17) is 4.42 Å². The van der Waals surface area contributed by atoms with Crippen molar-refractivity contribution in [3.63, 3.8) is 0 Å². The van der Waals surface area contributed by atoms with E-state index in [1.165, 1.54) is 44.2 Å². The molecule has 0 fully saturated rings. The summed E-state index contributed by atoms with van der Waals surface area (Å²) in [6.07, 6.45) is 7.38. The first kappa shape index (κ1) is 15.3. The van der Waals surface area contributed by atoms with Crippen LogP contribution in [0.4, 0.5) is 11.7 Å². The molecule has 2 aromatic rings. The zero-order chi connectivity index (χ0) is 15.1. The second kappa shape index (κ2) is 7.61. The van der Waals surface area contributed by atoms with Crippen LogP contribution in [0.5, 0.6) is 0 Å². The quantitative estimate of drug-likeness (QED) is 0.417. The molecule has 0 aliphatic rings. The fourth-order valence-electron chi connectivity index (χ4n) is 2.20. The van der Waals surface area contributed by atoms with Crippen molar-refractivity contribution in [1.29, 1.82) is 0 Å². The molecule has 1 aromatic carbocycles. The van der Waals surface area contributed by atoms with Crippen LogP contribution in [-0.2, 0) is 0 Å². The third kappa shape index (κ3) is 4.44. The van der Waals surface area contributed by atoms with Crippen LogP contribution in [0.1, 0.15) is 45.4 Å². The number of hydrogen-bond acceptors (Lipinski definition) is 5. The lowest BCUT2D eigenvalue weighted by atomic mass is 10.1. The van der Waals surface area contributed by atoms with Crippen LogP contribution in [0.25, 0.3) is 11.1 Å². The molecule has 0 atom stereocenters. The largest absolute Gasteiger partial charge is 0.423 e. The predicted octanol–water partition coefficient (Wildman–Crippen LogP) is 4.51. The molecule has 1 N–H and O–H groups in total. The Kier molecular flexibility index (Phi) is 5.54. The molecule has 0 amide bonds. The third-order valence-corrected chi connectivity index (χ3v) is 3.39. The first-order chi connectivity index (χ1) is 10.2. The van der Waals surface area contributed by atoms with E-state index in [0.717, 1.165) is 13.0 Å².